The summed E-state index contributed by atoms with van der Waals surface area (Å²) in [6.45, 7) is 3.83. The van der Waals surface area contributed by atoms with Crippen molar-refractivity contribution < 1.29 is 4.79 Å². The van der Waals surface area contributed by atoms with Gasteiger partial charge in [-0.05, 0) is 32.0 Å². The number of amides is 1. The Morgan fingerprint density at radius 2 is 2.21 bits per heavy atom. The van der Waals surface area contributed by atoms with Gasteiger partial charge in [0.15, 0.2) is 0 Å². The average Bonchev–Trinajstić information content (AvgIpc) is 2.86. The van der Waals surface area contributed by atoms with E-state index < -0.39 is 5.54 Å². The molecule has 6 heteroatoms. The Hall–Kier alpha value is -1.40. The van der Waals surface area contributed by atoms with Crippen molar-refractivity contribution in [3.8, 4) is 0 Å². The number of benzene rings is 1. The largest absolute Gasteiger partial charge is 0.398 e. The van der Waals surface area contributed by atoms with Crippen molar-refractivity contribution in [1.29, 1.82) is 0 Å². The fourth-order valence-electron chi connectivity index (χ4n) is 1.66. The Balaban J connectivity index is 2.24. The zero-order valence-electron chi connectivity index (χ0n) is 10.6. The van der Waals surface area contributed by atoms with Crippen LogP contribution in [-0.4, -0.2) is 10.9 Å². The van der Waals surface area contributed by atoms with Crippen molar-refractivity contribution in [1.82, 2.24) is 10.3 Å². The molecule has 0 spiro atoms. The third kappa shape index (κ3) is 3.13. The second-order valence-corrected chi connectivity index (χ2v) is 6.46. The summed E-state index contributed by atoms with van der Waals surface area (Å²) < 4.78 is 0.818. The van der Waals surface area contributed by atoms with E-state index in [2.05, 4.69) is 26.2 Å². The van der Waals surface area contributed by atoms with E-state index in [4.69, 9.17) is 5.73 Å². The first-order chi connectivity index (χ1) is 8.90. The third-order valence-corrected chi connectivity index (χ3v) is 4.24. The molecule has 19 heavy (non-hydrogen) atoms. The Bertz CT molecular complexity index is 596. The molecule has 4 nitrogen and oxygen atoms in total. The molecule has 1 aromatic carbocycles. The molecule has 2 rings (SSSR count). The molecule has 0 aliphatic carbocycles. The molecule has 100 valence electrons. The molecule has 0 saturated carbocycles. The Morgan fingerprint density at radius 1 is 1.47 bits per heavy atom. The molecule has 1 aromatic heterocycles. The smallest absolute Gasteiger partial charge is 0.254 e. The van der Waals surface area contributed by atoms with Crippen LogP contribution in [0.4, 0.5) is 5.69 Å². The van der Waals surface area contributed by atoms with Crippen LogP contribution in [0, 0.1) is 0 Å². The number of anilines is 1. The average molecular weight is 340 g/mol. The topological polar surface area (TPSA) is 68.0 Å². The summed E-state index contributed by atoms with van der Waals surface area (Å²) in [5.41, 5.74) is 6.22. The fraction of sp³-hybridized carbons (Fsp3) is 0.231. The number of aromatic nitrogens is 1. The van der Waals surface area contributed by atoms with Gasteiger partial charge in [0, 0.05) is 21.7 Å². The number of nitrogens with zero attached hydrogens (tertiary/aromatic N) is 1. The van der Waals surface area contributed by atoms with Gasteiger partial charge in [-0.1, -0.05) is 15.9 Å². The van der Waals surface area contributed by atoms with Crippen LogP contribution in [0.1, 0.15) is 29.2 Å². The molecule has 1 heterocycles. The second-order valence-electron chi connectivity index (χ2n) is 4.65. The molecule has 3 N–H and O–H groups in total. The molecule has 0 aliphatic rings. The van der Waals surface area contributed by atoms with E-state index >= 15 is 0 Å². The van der Waals surface area contributed by atoms with Gasteiger partial charge in [-0.3, -0.25) is 4.79 Å². The minimum atomic E-state index is -0.528. The number of nitrogens with one attached hydrogen (secondary N) is 1. The van der Waals surface area contributed by atoms with Gasteiger partial charge in [0.1, 0.15) is 5.01 Å². The lowest BCUT2D eigenvalue weighted by Gasteiger charge is -2.24. The SMILES string of the molecule is CC(C)(NC(=O)c1cc(Br)ccc1N)c1nccs1. The number of nitrogen functional groups attached to an aromatic ring is 1. The summed E-state index contributed by atoms with van der Waals surface area (Å²) in [4.78, 5) is 16.5. The van der Waals surface area contributed by atoms with Crippen LogP contribution >= 0.6 is 27.3 Å². The first-order valence-electron chi connectivity index (χ1n) is 5.67. The first-order valence-corrected chi connectivity index (χ1v) is 7.35. The molecule has 1 amide bonds. The number of hydrogen-bond acceptors (Lipinski definition) is 4. The van der Waals surface area contributed by atoms with E-state index in [1.54, 1.807) is 24.4 Å². The molecule has 2 aromatic rings. The maximum absolute atomic E-state index is 12.3. The van der Waals surface area contributed by atoms with E-state index in [-0.39, 0.29) is 5.91 Å². The zero-order chi connectivity index (χ0) is 14.0. The second kappa shape index (κ2) is 5.30. The van der Waals surface area contributed by atoms with E-state index in [1.165, 1.54) is 11.3 Å². The van der Waals surface area contributed by atoms with Crippen LogP contribution in [0.25, 0.3) is 0 Å². The van der Waals surface area contributed by atoms with Crippen molar-refractivity contribution in [2.45, 2.75) is 19.4 Å². The molecule has 0 atom stereocenters. The van der Waals surface area contributed by atoms with Gasteiger partial charge in [0.25, 0.3) is 5.91 Å². The summed E-state index contributed by atoms with van der Waals surface area (Å²) in [5.74, 6) is -0.209. The van der Waals surface area contributed by atoms with Crippen LogP contribution in [0.2, 0.25) is 0 Å². The van der Waals surface area contributed by atoms with Crippen LogP contribution < -0.4 is 11.1 Å². The molecule has 0 radical (unpaired) electrons. The highest BCUT2D eigenvalue weighted by Crippen LogP contribution is 2.24. The number of nitrogens with two attached hydrogens (primary N) is 1. The van der Waals surface area contributed by atoms with Gasteiger partial charge in [-0.2, -0.15) is 0 Å². The molecule has 0 aliphatic heterocycles. The standard InChI is InChI=1S/C13H14BrN3OS/c1-13(2,12-16-5-6-19-12)17-11(18)9-7-8(14)3-4-10(9)15/h3-7H,15H2,1-2H3,(H,17,18). The van der Waals surface area contributed by atoms with Crippen LogP contribution in [0.15, 0.2) is 34.2 Å². The molecule has 0 saturated heterocycles. The quantitative estimate of drug-likeness (QED) is 0.844. The van der Waals surface area contributed by atoms with Crippen molar-refractivity contribution in [3.05, 3.63) is 44.8 Å². The lowest BCUT2D eigenvalue weighted by atomic mass is 10.1. The van der Waals surface area contributed by atoms with Crippen molar-refractivity contribution in [2.75, 3.05) is 5.73 Å². The summed E-state index contributed by atoms with van der Waals surface area (Å²) >= 11 is 4.85. The van der Waals surface area contributed by atoms with Gasteiger partial charge < -0.3 is 11.1 Å². The summed E-state index contributed by atoms with van der Waals surface area (Å²) in [6.07, 6.45) is 1.72. The van der Waals surface area contributed by atoms with E-state index in [1.807, 2.05) is 19.2 Å². The monoisotopic (exact) mass is 339 g/mol. The van der Waals surface area contributed by atoms with Gasteiger partial charge in [-0.25, -0.2) is 4.98 Å². The molecule has 0 unspecified atom stereocenters. The maximum Gasteiger partial charge on any atom is 0.254 e. The number of thiazole rings is 1. The van der Waals surface area contributed by atoms with Crippen molar-refractivity contribution >= 4 is 38.9 Å². The maximum atomic E-state index is 12.3. The Labute approximate surface area is 124 Å². The van der Waals surface area contributed by atoms with Gasteiger partial charge >= 0.3 is 0 Å². The van der Waals surface area contributed by atoms with E-state index in [0.29, 0.717) is 11.3 Å². The fourth-order valence-corrected chi connectivity index (χ4v) is 2.74. The predicted molar refractivity (Wildman–Crippen MR) is 81.2 cm³/mol. The Morgan fingerprint density at radius 3 is 2.84 bits per heavy atom. The highest BCUT2D eigenvalue weighted by Gasteiger charge is 2.26. The van der Waals surface area contributed by atoms with Crippen LogP contribution in [-0.2, 0) is 5.54 Å². The van der Waals surface area contributed by atoms with E-state index in [0.717, 1.165) is 9.48 Å². The van der Waals surface area contributed by atoms with Crippen LogP contribution in [0.5, 0.6) is 0 Å². The first kappa shape index (κ1) is 14.0. The van der Waals surface area contributed by atoms with Crippen molar-refractivity contribution in [2.24, 2.45) is 0 Å². The van der Waals surface area contributed by atoms with Gasteiger partial charge in [-0.15, -0.1) is 11.3 Å². The van der Waals surface area contributed by atoms with Crippen molar-refractivity contribution in [3.63, 3.8) is 0 Å². The lowest BCUT2D eigenvalue weighted by molar-refractivity contribution is 0.0913. The third-order valence-electron chi connectivity index (χ3n) is 2.65. The summed E-state index contributed by atoms with van der Waals surface area (Å²) in [7, 11) is 0. The molecule has 0 bridgehead atoms. The highest BCUT2D eigenvalue weighted by atomic mass is 79.9. The molecular formula is C13H14BrN3OS. The number of halogens is 1. The number of carbonyl (C=O) groups is 1. The number of rotatable bonds is 3. The zero-order valence-corrected chi connectivity index (χ0v) is 13.0. The number of hydrogen-bond donors (Lipinski definition) is 2. The normalized spacial score (nSPS) is 11.3. The van der Waals surface area contributed by atoms with Gasteiger partial charge in [0.2, 0.25) is 0 Å². The number of carbonyl (C=O) groups excluding carboxylic acids is 1. The minimum Gasteiger partial charge on any atom is -0.398 e. The highest BCUT2D eigenvalue weighted by molar-refractivity contribution is 9.10. The lowest BCUT2D eigenvalue weighted by Crippen LogP contribution is -2.41. The van der Waals surface area contributed by atoms with Crippen LogP contribution in [0.3, 0.4) is 0 Å². The molecular weight excluding hydrogens is 326 g/mol. The summed E-state index contributed by atoms with van der Waals surface area (Å²) in [5, 5.41) is 5.69. The Kier molecular flexibility index (Phi) is 3.91. The predicted octanol–water partition coefficient (Wildman–Crippen LogP) is 3.15. The van der Waals surface area contributed by atoms with E-state index in [9.17, 15) is 4.79 Å². The molecule has 0 fully saturated rings. The van der Waals surface area contributed by atoms with Gasteiger partial charge in [0.05, 0.1) is 11.1 Å². The minimum absolute atomic E-state index is 0.209. The summed E-state index contributed by atoms with van der Waals surface area (Å²) in [6, 6.07) is 5.22.